The second kappa shape index (κ2) is 5.69. The van der Waals surface area contributed by atoms with E-state index >= 15 is 0 Å². The first-order valence-electron chi connectivity index (χ1n) is 6.50. The van der Waals surface area contributed by atoms with E-state index in [4.69, 9.17) is 17.3 Å². The highest BCUT2D eigenvalue weighted by Gasteiger charge is 2.28. The van der Waals surface area contributed by atoms with Crippen LogP contribution in [0.25, 0.3) is 0 Å². The van der Waals surface area contributed by atoms with Gasteiger partial charge in [0, 0.05) is 6.04 Å². The van der Waals surface area contributed by atoms with Gasteiger partial charge in [-0.15, -0.1) is 0 Å². The lowest BCUT2D eigenvalue weighted by molar-refractivity contribution is 0.253. The van der Waals surface area contributed by atoms with Gasteiger partial charge in [0.15, 0.2) is 0 Å². The molecule has 6 heteroatoms. The van der Waals surface area contributed by atoms with E-state index in [9.17, 15) is 0 Å². The third kappa shape index (κ3) is 3.22. The summed E-state index contributed by atoms with van der Waals surface area (Å²) in [5.74, 6) is 1.95. The molecule has 1 aromatic rings. The highest BCUT2D eigenvalue weighted by atomic mass is 35.5. The molecule has 2 atom stereocenters. The lowest BCUT2D eigenvalue weighted by Gasteiger charge is -2.34. The van der Waals surface area contributed by atoms with Crippen molar-refractivity contribution >= 4 is 23.5 Å². The first-order valence-corrected chi connectivity index (χ1v) is 6.87. The van der Waals surface area contributed by atoms with Crippen LogP contribution in [0.5, 0.6) is 0 Å². The normalized spacial score (nSPS) is 24.2. The molecule has 1 aliphatic rings. The van der Waals surface area contributed by atoms with Crippen molar-refractivity contribution < 1.29 is 0 Å². The zero-order chi connectivity index (χ0) is 13.1. The first-order chi connectivity index (χ1) is 8.56. The summed E-state index contributed by atoms with van der Waals surface area (Å²) < 4.78 is 0. The molecule has 2 rings (SSSR count). The second-order valence-corrected chi connectivity index (χ2v) is 5.57. The highest BCUT2D eigenvalue weighted by Crippen LogP contribution is 2.31. The number of nitrogens with two attached hydrogens (primary N) is 1. The number of rotatable bonds is 3. The molecule has 0 amide bonds. The Morgan fingerprint density at radius 1 is 1.22 bits per heavy atom. The van der Waals surface area contributed by atoms with Crippen molar-refractivity contribution in [2.75, 3.05) is 11.1 Å². The van der Waals surface area contributed by atoms with Crippen molar-refractivity contribution in [1.82, 2.24) is 15.0 Å². The molecule has 2 unspecified atom stereocenters. The van der Waals surface area contributed by atoms with Gasteiger partial charge in [0.05, 0.1) is 0 Å². The molecule has 1 aliphatic carbocycles. The minimum absolute atomic E-state index is 0.141. The summed E-state index contributed by atoms with van der Waals surface area (Å²) in [4.78, 5) is 11.9. The lowest BCUT2D eigenvalue weighted by Crippen LogP contribution is -2.35. The van der Waals surface area contributed by atoms with Crippen LogP contribution in [-0.2, 0) is 0 Å². The summed E-state index contributed by atoms with van der Waals surface area (Å²) in [5, 5.41) is 3.51. The van der Waals surface area contributed by atoms with Crippen LogP contribution >= 0.6 is 11.6 Å². The number of aromatic nitrogens is 3. The monoisotopic (exact) mass is 269 g/mol. The predicted molar refractivity (Wildman–Crippen MR) is 73.5 cm³/mol. The van der Waals surface area contributed by atoms with Crippen LogP contribution in [0.1, 0.15) is 39.5 Å². The third-order valence-corrected chi connectivity index (χ3v) is 3.78. The summed E-state index contributed by atoms with van der Waals surface area (Å²) in [7, 11) is 0. The number of nitrogen functional groups attached to an aromatic ring is 1. The van der Waals surface area contributed by atoms with Gasteiger partial charge in [-0.1, -0.05) is 26.7 Å². The maximum atomic E-state index is 5.78. The average molecular weight is 270 g/mol. The number of nitrogens with one attached hydrogen (secondary N) is 1. The van der Waals surface area contributed by atoms with E-state index in [-0.39, 0.29) is 11.2 Å². The number of nitrogens with zero attached hydrogens (tertiary/aromatic N) is 3. The van der Waals surface area contributed by atoms with Gasteiger partial charge in [0.2, 0.25) is 17.2 Å². The molecule has 0 aromatic carbocycles. The fraction of sp³-hybridized carbons (Fsp3) is 0.750. The van der Waals surface area contributed by atoms with Crippen LogP contribution < -0.4 is 11.1 Å². The predicted octanol–water partition coefficient (Wildman–Crippen LogP) is 2.73. The zero-order valence-corrected chi connectivity index (χ0v) is 11.6. The topological polar surface area (TPSA) is 76.7 Å². The van der Waals surface area contributed by atoms with E-state index in [1.54, 1.807) is 0 Å². The van der Waals surface area contributed by atoms with Gasteiger partial charge in [-0.2, -0.15) is 15.0 Å². The minimum atomic E-state index is 0.141. The summed E-state index contributed by atoms with van der Waals surface area (Å²) in [5.41, 5.74) is 5.57. The first kappa shape index (κ1) is 13.3. The largest absolute Gasteiger partial charge is 0.368 e. The van der Waals surface area contributed by atoms with Crippen LogP contribution in [0, 0.1) is 11.8 Å². The molecule has 18 heavy (non-hydrogen) atoms. The maximum absolute atomic E-state index is 5.78. The third-order valence-electron chi connectivity index (χ3n) is 3.62. The molecule has 0 saturated heterocycles. The Morgan fingerprint density at radius 2 is 1.94 bits per heavy atom. The van der Waals surface area contributed by atoms with Gasteiger partial charge in [0.25, 0.3) is 0 Å². The Labute approximate surface area is 113 Å². The summed E-state index contributed by atoms with van der Waals surface area (Å²) in [6, 6.07) is 0.400. The fourth-order valence-electron chi connectivity index (χ4n) is 2.73. The average Bonchev–Trinajstić information content (AvgIpc) is 2.27. The van der Waals surface area contributed by atoms with Crippen molar-refractivity contribution in [3.8, 4) is 0 Å². The molecule has 0 bridgehead atoms. The SMILES string of the molecule is CC(C)C1CCCCC1Nc1nc(N)nc(Cl)n1. The van der Waals surface area contributed by atoms with E-state index in [0.29, 0.717) is 23.8 Å². The zero-order valence-electron chi connectivity index (χ0n) is 10.9. The Hall–Kier alpha value is -1.10. The Bertz CT molecular complexity index is 389. The minimum Gasteiger partial charge on any atom is -0.368 e. The molecule has 3 N–H and O–H groups in total. The smallest absolute Gasteiger partial charge is 0.229 e. The van der Waals surface area contributed by atoms with E-state index in [1.165, 1.54) is 19.3 Å². The van der Waals surface area contributed by atoms with Crippen molar-refractivity contribution in [2.45, 2.75) is 45.6 Å². The molecule has 0 spiro atoms. The van der Waals surface area contributed by atoms with Crippen molar-refractivity contribution in [2.24, 2.45) is 11.8 Å². The van der Waals surface area contributed by atoms with Gasteiger partial charge in [-0.3, -0.25) is 0 Å². The van der Waals surface area contributed by atoms with Gasteiger partial charge in [-0.25, -0.2) is 0 Å². The Balaban J connectivity index is 2.10. The summed E-state index contributed by atoms with van der Waals surface area (Å²) >= 11 is 5.78. The van der Waals surface area contributed by atoms with Crippen molar-refractivity contribution in [3.63, 3.8) is 0 Å². The lowest BCUT2D eigenvalue weighted by atomic mass is 9.78. The fourth-order valence-corrected chi connectivity index (χ4v) is 2.90. The number of hydrogen-bond acceptors (Lipinski definition) is 5. The molecular weight excluding hydrogens is 250 g/mol. The van der Waals surface area contributed by atoms with Crippen molar-refractivity contribution in [3.05, 3.63) is 5.28 Å². The van der Waals surface area contributed by atoms with E-state index in [1.807, 2.05) is 0 Å². The van der Waals surface area contributed by atoms with E-state index in [0.717, 1.165) is 6.42 Å². The Kier molecular flexibility index (Phi) is 4.22. The van der Waals surface area contributed by atoms with Crippen LogP contribution in [0.15, 0.2) is 0 Å². The molecule has 100 valence electrons. The molecule has 1 aromatic heterocycles. The molecule has 1 fully saturated rings. The molecular formula is C12H20ClN5. The molecule has 0 aliphatic heterocycles. The highest BCUT2D eigenvalue weighted by molar-refractivity contribution is 6.28. The maximum Gasteiger partial charge on any atom is 0.229 e. The quantitative estimate of drug-likeness (QED) is 0.882. The van der Waals surface area contributed by atoms with Crippen LogP contribution in [0.3, 0.4) is 0 Å². The van der Waals surface area contributed by atoms with Crippen molar-refractivity contribution in [1.29, 1.82) is 0 Å². The summed E-state index contributed by atoms with van der Waals surface area (Å²) in [6.45, 7) is 4.53. The van der Waals surface area contributed by atoms with Crippen LogP contribution in [0.2, 0.25) is 5.28 Å². The van der Waals surface area contributed by atoms with Gasteiger partial charge in [0.1, 0.15) is 0 Å². The number of hydrogen-bond donors (Lipinski definition) is 2. The number of anilines is 2. The van der Waals surface area contributed by atoms with E-state index in [2.05, 4.69) is 34.1 Å². The molecule has 1 heterocycles. The van der Waals surface area contributed by atoms with Gasteiger partial charge < -0.3 is 11.1 Å². The molecule has 1 saturated carbocycles. The van der Waals surface area contributed by atoms with Gasteiger partial charge in [-0.05, 0) is 36.3 Å². The Morgan fingerprint density at radius 3 is 2.61 bits per heavy atom. The summed E-state index contributed by atoms with van der Waals surface area (Å²) in [6.07, 6.45) is 4.95. The van der Waals surface area contributed by atoms with Crippen LogP contribution in [-0.4, -0.2) is 21.0 Å². The standard InChI is InChI=1S/C12H20ClN5/c1-7(2)8-5-3-4-6-9(8)15-12-17-10(13)16-11(14)18-12/h7-9H,3-6H2,1-2H3,(H3,14,15,16,17,18). The second-order valence-electron chi connectivity index (χ2n) is 5.23. The molecule has 0 radical (unpaired) electrons. The molecule has 5 nitrogen and oxygen atoms in total. The van der Waals surface area contributed by atoms with Gasteiger partial charge >= 0.3 is 0 Å². The number of halogens is 1. The van der Waals surface area contributed by atoms with E-state index < -0.39 is 0 Å². The van der Waals surface area contributed by atoms with Crippen LogP contribution in [0.4, 0.5) is 11.9 Å².